The average molecular weight is 484 g/mol. The maximum absolute atomic E-state index is 13.7. The molecule has 11 heteroatoms. The first-order chi connectivity index (χ1) is 16.1. The summed E-state index contributed by atoms with van der Waals surface area (Å²) in [5.41, 5.74) is 7.28. The van der Waals surface area contributed by atoms with Crippen LogP contribution in [0.1, 0.15) is 48.5 Å². The Morgan fingerprint density at radius 2 is 2.03 bits per heavy atom. The highest BCUT2D eigenvalue weighted by atomic mass is 32.2. The van der Waals surface area contributed by atoms with Crippen molar-refractivity contribution < 1.29 is 13.2 Å². The number of amides is 1. The van der Waals surface area contributed by atoms with Gasteiger partial charge in [0.05, 0.1) is 41.0 Å². The standard InChI is InChI=1S/C23H29N7O3S/c1-22(5-6-22)27-34(32,33)17-3-4-19-18(7-17)20(31)29(13-16-11-26-28(2)12-16)21-25-14-23(30(19)21)8-15(9-23)10-24/h3-4,7,11-12,15,27H,5-6,8-10,13-14,24H2,1-2H3. The number of guanidine groups is 1. The molecular weight excluding hydrogens is 454 g/mol. The Morgan fingerprint density at radius 3 is 2.68 bits per heavy atom. The maximum Gasteiger partial charge on any atom is 0.263 e. The molecule has 0 radical (unpaired) electrons. The average Bonchev–Trinajstić information content (AvgIpc) is 3.16. The Bertz CT molecular complexity index is 1320. The quantitative estimate of drug-likeness (QED) is 0.636. The smallest absolute Gasteiger partial charge is 0.263 e. The molecular formula is C23H29N7O3S. The molecule has 0 bridgehead atoms. The molecule has 1 spiro atoms. The fraction of sp³-hybridized carbons (Fsp3) is 0.522. The van der Waals surface area contributed by atoms with Gasteiger partial charge in [0.25, 0.3) is 5.91 Å². The first kappa shape index (κ1) is 21.8. The third kappa shape index (κ3) is 3.29. The van der Waals surface area contributed by atoms with Gasteiger partial charge in [0.15, 0.2) is 0 Å². The lowest BCUT2D eigenvalue weighted by Gasteiger charge is -2.53. The number of aryl methyl sites for hydroxylation is 1. The normalized spacial score (nSPS) is 26.9. The highest BCUT2D eigenvalue weighted by molar-refractivity contribution is 7.89. The van der Waals surface area contributed by atoms with Gasteiger partial charge < -0.3 is 10.6 Å². The number of hydrogen-bond acceptors (Lipinski definition) is 7. The van der Waals surface area contributed by atoms with Gasteiger partial charge >= 0.3 is 0 Å². The number of nitrogens with zero attached hydrogens (tertiary/aromatic N) is 5. The van der Waals surface area contributed by atoms with Crippen LogP contribution in [0.4, 0.5) is 5.69 Å². The van der Waals surface area contributed by atoms with Gasteiger partial charge in [-0.15, -0.1) is 0 Å². The largest absolute Gasteiger partial charge is 0.330 e. The number of rotatable bonds is 6. The van der Waals surface area contributed by atoms with Crippen molar-refractivity contribution in [1.29, 1.82) is 0 Å². The topological polar surface area (TPSA) is 126 Å². The second-order valence-electron chi connectivity index (χ2n) is 10.4. The van der Waals surface area contributed by atoms with Crippen molar-refractivity contribution in [2.45, 2.75) is 55.1 Å². The van der Waals surface area contributed by atoms with Crippen LogP contribution in [-0.2, 0) is 23.6 Å². The molecule has 0 atom stereocenters. The molecule has 4 aliphatic rings. The third-order valence-corrected chi connectivity index (χ3v) is 9.21. The molecule has 1 amide bonds. The second-order valence-corrected chi connectivity index (χ2v) is 12.1. The zero-order valence-electron chi connectivity index (χ0n) is 19.4. The summed E-state index contributed by atoms with van der Waals surface area (Å²) >= 11 is 0. The van der Waals surface area contributed by atoms with Gasteiger partial charge in [-0.3, -0.25) is 14.4 Å². The number of hydrogen-bond donors (Lipinski definition) is 2. The minimum atomic E-state index is -3.74. The number of aromatic nitrogens is 2. The van der Waals surface area contributed by atoms with Crippen LogP contribution in [0.5, 0.6) is 0 Å². The number of nitrogens with two attached hydrogens (primary N) is 1. The van der Waals surface area contributed by atoms with Crippen LogP contribution in [0, 0.1) is 5.92 Å². The Morgan fingerprint density at radius 1 is 1.26 bits per heavy atom. The van der Waals surface area contributed by atoms with Crippen molar-refractivity contribution in [2.75, 3.05) is 18.0 Å². The monoisotopic (exact) mass is 483 g/mol. The maximum atomic E-state index is 13.7. The molecule has 10 nitrogen and oxygen atoms in total. The molecule has 2 aliphatic carbocycles. The summed E-state index contributed by atoms with van der Waals surface area (Å²) in [5, 5.41) is 4.22. The van der Waals surface area contributed by atoms with Gasteiger partial charge in [0.1, 0.15) is 0 Å². The van der Waals surface area contributed by atoms with Gasteiger partial charge in [0.2, 0.25) is 16.0 Å². The van der Waals surface area contributed by atoms with Gasteiger partial charge in [-0.05, 0) is 63.3 Å². The van der Waals surface area contributed by atoms with Gasteiger partial charge in [-0.2, -0.15) is 5.10 Å². The summed E-state index contributed by atoms with van der Waals surface area (Å²) in [6.45, 7) is 3.42. The van der Waals surface area contributed by atoms with E-state index in [-0.39, 0.29) is 16.3 Å². The summed E-state index contributed by atoms with van der Waals surface area (Å²) in [5.74, 6) is 0.789. The van der Waals surface area contributed by atoms with Crippen LogP contribution < -0.4 is 15.4 Å². The molecule has 6 rings (SSSR count). The summed E-state index contributed by atoms with van der Waals surface area (Å²) in [4.78, 5) is 22.5. The van der Waals surface area contributed by atoms with Crippen LogP contribution in [0.15, 0.2) is 40.5 Å². The van der Waals surface area contributed by atoms with E-state index in [2.05, 4.69) is 14.7 Å². The summed E-state index contributed by atoms with van der Waals surface area (Å²) in [7, 11) is -1.91. The molecule has 3 N–H and O–H groups in total. The number of carbonyl (C=O) groups excluding carboxylic acids is 1. The Hall–Kier alpha value is -2.76. The van der Waals surface area contributed by atoms with Crippen molar-refractivity contribution in [2.24, 2.45) is 23.7 Å². The number of nitrogens with one attached hydrogen (secondary N) is 1. The number of aliphatic imine (C=N–C) groups is 1. The lowest BCUT2D eigenvalue weighted by atomic mass is 9.67. The first-order valence-electron chi connectivity index (χ1n) is 11.7. The fourth-order valence-corrected chi connectivity index (χ4v) is 6.96. The van der Waals surface area contributed by atoms with Gasteiger partial charge in [0, 0.05) is 24.3 Å². The van der Waals surface area contributed by atoms with E-state index in [1.807, 2.05) is 20.2 Å². The van der Waals surface area contributed by atoms with Gasteiger partial charge in [-0.25, -0.2) is 18.1 Å². The molecule has 180 valence electrons. The number of sulfonamides is 1. The van der Waals surface area contributed by atoms with E-state index < -0.39 is 15.6 Å². The molecule has 3 heterocycles. The highest BCUT2D eigenvalue weighted by Gasteiger charge is 2.56. The van der Waals surface area contributed by atoms with E-state index in [0.717, 1.165) is 36.9 Å². The second kappa shape index (κ2) is 7.12. The van der Waals surface area contributed by atoms with Crippen LogP contribution in [0.25, 0.3) is 0 Å². The number of carbonyl (C=O) groups is 1. The van der Waals surface area contributed by atoms with Crippen LogP contribution in [0.3, 0.4) is 0 Å². The van der Waals surface area contributed by atoms with Crippen LogP contribution >= 0.6 is 0 Å². The predicted octanol–water partition coefficient (Wildman–Crippen LogP) is 1.19. The third-order valence-electron chi connectivity index (χ3n) is 7.58. The molecule has 0 saturated heterocycles. The zero-order chi connectivity index (χ0) is 23.9. The van der Waals surface area contributed by atoms with E-state index >= 15 is 0 Å². The van der Waals surface area contributed by atoms with E-state index in [1.165, 1.54) is 6.07 Å². The van der Waals surface area contributed by atoms with Crippen LogP contribution in [0.2, 0.25) is 0 Å². The SMILES string of the molecule is Cn1cc(CN2C(=O)c3cc(S(=O)(=O)NC4(C)CC4)ccc3N3C2=NCC32CC(CN)C2)cn1. The lowest BCUT2D eigenvalue weighted by molar-refractivity contribution is 0.0826. The summed E-state index contributed by atoms with van der Waals surface area (Å²) < 4.78 is 30.6. The van der Waals surface area contributed by atoms with E-state index in [1.54, 1.807) is 27.9 Å². The number of fused-ring (bicyclic) bond motifs is 4. The van der Waals surface area contributed by atoms with Crippen molar-refractivity contribution in [3.05, 3.63) is 41.7 Å². The number of benzene rings is 1. The van der Waals surface area contributed by atoms with E-state index in [9.17, 15) is 13.2 Å². The summed E-state index contributed by atoms with van der Waals surface area (Å²) in [6, 6.07) is 4.88. The van der Waals surface area contributed by atoms with Crippen LogP contribution in [-0.4, -0.2) is 59.1 Å². The predicted molar refractivity (Wildman–Crippen MR) is 127 cm³/mol. The molecule has 0 unspecified atom stereocenters. The first-order valence-corrected chi connectivity index (χ1v) is 13.1. The number of anilines is 1. The minimum Gasteiger partial charge on any atom is -0.330 e. The molecule has 2 aromatic rings. The van der Waals surface area contributed by atoms with Gasteiger partial charge in [-0.1, -0.05) is 0 Å². The molecule has 1 aromatic heterocycles. The van der Waals surface area contributed by atoms with Crippen molar-refractivity contribution in [3.8, 4) is 0 Å². The highest BCUT2D eigenvalue weighted by Crippen LogP contribution is 2.50. The molecule has 1 aromatic carbocycles. The molecule has 2 saturated carbocycles. The Balaban J connectivity index is 1.42. The Kier molecular flexibility index (Phi) is 4.56. The zero-order valence-corrected chi connectivity index (χ0v) is 20.2. The molecule has 2 fully saturated rings. The lowest BCUT2D eigenvalue weighted by Crippen LogP contribution is -2.64. The van der Waals surface area contributed by atoms with Crippen molar-refractivity contribution in [1.82, 2.24) is 19.4 Å². The minimum absolute atomic E-state index is 0.108. The molecule has 34 heavy (non-hydrogen) atoms. The fourth-order valence-electron chi connectivity index (χ4n) is 5.47. The van der Waals surface area contributed by atoms with E-state index in [0.29, 0.717) is 37.1 Å². The Labute approximate surface area is 198 Å². The van der Waals surface area contributed by atoms with Crippen molar-refractivity contribution in [3.63, 3.8) is 0 Å². The summed E-state index contributed by atoms with van der Waals surface area (Å²) in [6.07, 6.45) is 7.01. The van der Waals surface area contributed by atoms with Crippen molar-refractivity contribution >= 4 is 27.6 Å². The van der Waals surface area contributed by atoms with E-state index in [4.69, 9.17) is 10.7 Å². The molecule has 2 aliphatic heterocycles.